The highest BCUT2D eigenvalue weighted by Gasteiger charge is 2.16. The van der Waals surface area contributed by atoms with Gasteiger partial charge < -0.3 is 0 Å². The number of anilines is 1. The molecule has 0 spiro atoms. The van der Waals surface area contributed by atoms with Crippen LogP contribution < -0.4 is 10.2 Å². The molecule has 142 valence electrons. The van der Waals surface area contributed by atoms with Crippen LogP contribution in [0.1, 0.15) is 5.56 Å². The van der Waals surface area contributed by atoms with E-state index in [0.29, 0.717) is 11.3 Å². The third-order valence-electron chi connectivity index (χ3n) is 3.96. The van der Waals surface area contributed by atoms with Crippen LogP contribution in [-0.4, -0.2) is 19.5 Å². The summed E-state index contributed by atoms with van der Waals surface area (Å²) in [5.41, 5.74) is 4.11. The Morgan fingerprint density at radius 2 is 1.61 bits per heavy atom. The Hall–Kier alpha value is -3.42. The maximum atomic E-state index is 12.9. The van der Waals surface area contributed by atoms with Gasteiger partial charge in [0, 0.05) is 11.6 Å². The van der Waals surface area contributed by atoms with Gasteiger partial charge in [0.1, 0.15) is 0 Å². The molecule has 3 aromatic rings. The molecule has 0 aliphatic heterocycles. The van der Waals surface area contributed by atoms with Gasteiger partial charge in [-0.25, -0.2) is 13.9 Å². The third kappa shape index (κ3) is 4.64. The Kier molecular flexibility index (Phi) is 5.88. The van der Waals surface area contributed by atoms with E-state index in [1.807, 2.05) is 42.5 Å². The molecule has 0 saturated carbocycles. The fourth-order valence-electron chi connectivity index (χ4n) is 2.64. The number of benzene rings is 3. The van der Waals surface area contributed by atoms with Crippen molar-refractivity contribution in [3.8, 4) is 11.1 Å². The van der Waals surface area contributed by atoms with Crippen molar-refractivity contribution in [1.29, 1.82) is 0 Å². The Balaban J connectivity index is 1.92. The summed E-state index contributed by atoms with van der Waals surface area (Å²) >= 11 is 0. The summed E-state index contributed by atoms with van der Waals surface area (Å²) in [6.07, 6.45) is 2.51. The minimum atomic E-state index is -3.84. The second kappa shape index (κ2) is 8.51. The number of hydrogen-bond acceptors (Lipinski definition) is 4. The maximum Gasteiger partial charge on any atom is 0.267 e. The zero-order valence-electron chi connectivity index (χ0n) is 14.7. The van der Waals surface area contributed by atoms with Crippen LogP contribution in [0.25, 0.3) is 17.2 Å². The summed E-state index contributed by atoms with van der Waals surface area (Å²) in [6.45, 7) is 0. The van der Waals surface area contributed by atoms with Gasteiger partial charge in [0.15, 0.2) is 0 Å². The summed E-state index contributed by atoms with van der Waals surface area (Å²) in [5.74, 6) is -0.705. The van der Waals surface area contributed by atoms with Gasteiger partial charge in [-0.3, -0.25) is 14.7 Å². The van der Waals surface area contributed by atoms with Crippen molar-refractivity contribution in [3.63, 3.8) is 0 Å². The number of hydrogen-bond donors (Lipinski definition) is 3. The monoisotopic (exact) mass is 394 g/mol. The van der Waals surface area contributed by atoms with Crippen LogP contribution in [0.3, 0.4) is 0 Å². The molecule has 7 heteroatoms. The first-order valence-corrected chi connectivity index (χ1v) is 9.87. The summed E-state index contributed by atoms with van der Waals surface area (Å²) in [7, 11) is -3.84. The number of carbonyl (C=O) groups is 1. The van der Waals surface area contributed by atoms with Crippen molar-refractivity contribution in [3.05, 3.63) is 90.5 Å². The van der Waals surface area contributed by atoms with E-state index < -0.39 is 15.9 Å². The fraction of sp³-hybridized carbons (Fsp3) is 0. The first kappa shape index (κ1) is 19.3. The van der Waals surface area contributed by atoms with Crippen LogP contribution in [0, 0.1) is 0 Å². The maximum absolute atomic E-state index is 12.9. The van der Waals surface area contributed by atoms with E-state index in [1.165, 1.54) is 23.7 Å². The van der Waals surface area contributed by atoms with Crippen LogP contribution in [0.4, 0.5) is 5.69 Å². The quantitative estimate of drug-likeness (QED) is 0.338. The van der Waals surface area contributed by atoms with Crippen molar-refractivity contribution < 1.29 is 18.4 Å². The molecule has 28 heavy (non-hydrogen) atoms. The number of hydroxylamine groups is 1. The lowest BCUT2D eigenvalue weighted by molar-refractivity contribution is -0.124. The van der Waals surface area contributed by atoms with Crippen molar-refractivity contribution in [2.24, 2.45) is 0 Å². The van der Waals surface area contributed by atoms with Gasteiger partial charge in [-0.2, -0.15) is 0 Å². The molecule has 0 aromatic heterocycles. The average Bonchev–Trinajstić information content (AvgIpc) is 2.73. The molecule has 0 saturated heterocycles. The van der Waals surface area contributed by atoms with Crippen LogP contribution in [0.2, 0.25) is 0 Å². The Bertz CT molecular complexity index is 1110. The molecule has 0 bridgehead atoms. The van der Waals surface area contributed by atoms with E-state index in [9.17, 15) is 13.2 Å². The molecule has 0 unspecified atom stereocenters. The number of amides is 1. The molecule has 0 aliphatic rings. The summed E-state index contributed by atoms with van der Waals surface area (Å²) in [4.78, 5) is 11.2. The molecule has 0 atom stereocenters. The van der Waals surface area contributed by atoms with E-state index in [4.69, 9.17) is 5.21 Å². The molecule has 0 radical (unpaired) electrons. The second-order valence-electron chi connectivity index (χ2n) is 5.90. The van der Waals surface area contributed by atoms with Gasteiger partial charge >= 0.3 is 0 Å². The van der Waals surface area contributed by atoms with Crippen LogP contribution in [-0.2, 0) is 14.8 Å². The normalized spacial score (nSPS) is 11.3. The van der Waals surface area contributed by atoms with Crippen molar-refractivity contribution in [1.82, 2.24) is 5.48 Å². The van der Waals surface area contributed by atoms with Gasteiger partial charge in [-0.05, 0) is 35.4 Å². The molecule has 3 aromatic carbocycles. The molecule has 6 nitrogen and oxygen atoms in total. The van der Waals surface area contributed by atoms with Crippen molar-refractivity contribution >= 4 is 27.7 Å². The Labute approximate surface area is 163 Å². The number of sulfonamides is 1. The van der Waals surface area contributed by atoms with E-state index in [0.717, 1.165) is 17.2 Å². The minimum Gasteiger partial charge on any atom is -0.288 e. The van der Waals surface area contributed by atoms with E-state index in [1.54, 1.807) is 24.3 Å². The van der Waals surface area contributed by atoms with Gasteiger partial charge in [-0.1, -0.05) is 60.7 Å². The lowest BCUT2D eigenvalue weighted by Gasteiger charge is -2.13. The van der Waals surface area contributed by atoms with E-state index >= 15 is 0 Å². The first-order valence-electron chi connectivity index (χ1n) is 8.39. The second-order valence-corrected chi connectivity index (χ2v) is 7.58. The molecule has 0 heterocycles. The van der Waals surface area contributed by atoms with Crippen LogP contribution in [0.15, 0.2) is 89.8 Å². The number of nitrogens with one attached hydrogen (secondary N) is 2. The lowest BCUT2D eigenvalue weighted by atomic mass is 10.0. The largest absolute Gasteiger partial charge is 0.288 e. The summed E-state index contributed by atoms with van der Waals surface area (Å²) < 4.78 is 28.4. The van der Waals surface area contributed by atoms with Gasteiger partial charge in [0.25, 0.3) is 15.9 Å². The third-order valence-corrected chi connectivity index (χ3v) is 5.33. The summed E-state index contributed by atoms with van der Waals surface area (Å²) in [5, 5.41) is 8.52. The average molecular weight is 394 g/mol. The number of carbonyl (C=O) groups excluding carboxylic acids is 1. The standard InChI is InChI=1S/C21H18N2O4S/c24-21(22-25)14-13-16-7-6-10-18(15-16)28(26,27)23-20-12-5-4-11-19(20)17-8-2-1-3-9-17/h1-15,23,25H,(H,22,24)/b14-13+. The van der Waals surface area contributed by atoms with Gasteiger partial charge in [0.2, 0.25) is 0 Å². The minimum absolute atomic E-state index is 0.0573. The molecular formula is C21H18N2O4S. The summed E-state index contributed by atoms with van der Waals surface area (Å²) in [6, 6.07) is 22.8. The number of para-hydroxylation sites is 1. The van der Waals surface area contributed by atoms with Crippen molar-refractivity contribution in [2.75, 3.05) is 4.72 Å². The zero-order valence-corrected chi connectivity index (χ0v) is 15.6. The zero-order chi connectivity index (χ0) is 20.0. The van der Waals surface area contributed by atoms with Crippen LogP contribution in [0.5, 0.6) is 0 Å². The first-order chi connectivity index (χ1) is 13.5. The lowest BCUT2D eigenvalue weighted by Crippen LogP contribution is -2.15. The van der Waals surface area contributed by atoms with Gasteiger partial charge in [-0.15, -0.1) is 0 Å². The fourth-order valence-corrected chi connectivity index (χ4v) is 3.77. The molecular weight excluding hydrogens is 376 g/mol. The highest BCUT2D eigenvalue weighted by atomic mass is 32.2. The Morgan fingerprint density at radius 3 is 2.36 bits per heavy atom. The predicted octanol–water partition coefficient (Wildman–Crippen LogP) is 3.67. The highest BCUT2D eigenvalue weighted by molar-refractivity contribution is 7.92. The molecule has 0 fully saturated rings. The molecule has 3 rings (SSSR count). The van der Waals surface area contributed by atoms with Crippen molar-refractivity contribution in [2.45, 2.75) is 4.90 Å². The van der Waals surface area contributed by atoms with E-state index in [-0.39, 0.29) is 4.90 Å². The SMILES string of the molecule is O=C(/C=C/c1cccc(S(=O)(=O)Nc2ccccc2-c2ccccc2)c1)NO. The van der Waals surface area contributed by atoms with E-state index in [2.05, 4.69) is 4.72 Å². The van der Waals surface area contributed by atoms with Gasteiger partial charge in [0.05, 0.1) is 10.6 Å². The molecule has 3 N–H and O–H groups in total. The predicted molar refractivity (Wildman–Crippen MR) is 108 cm³/mol. The smallest absolute Gasteiger partial charge is 0.267 e. The topological polar surface area (TPSA) is 95.5 Å². The Morgan fingerprint density at radius 1 is 0.893 bits per heavy atom. The highest BCUT2D eigenvalue weighted by Crippen LogP contribution is 2.29. The van der Waals surface area contributed by atoms with Crippen LogP contribution >= 0.6 is 0 Å². The number of rotatable bonds is 6. The molecule has 0 aliphatic carbocycles. The molecule has 1 amide bonds.